The number of aromatic nitrogens is 1. The Labute approximate surface area is 159 Å². The van der Waals surface area contributed by atoms with E-state index in [0.29, 0.717) is 11.5 Å². The van der Waals surface area contributed by atoms with Crippen molar-refractivity contribution < 1.29 is 13.4 Å². The predicted molar refractivity (Wildman–Crippen MR) is 109 cm³/mol. The Morgan fingerprint density at radius 3 is 2.41 bits per heavy atom. The van der Waals surface area contributed by atoms with Crippen LogP contribution in [0.15, 0.2) is 40.9 Å². The lowest BCUT2D eigenvalue weighted by Crippen LogP contribution is -2.32. The van der Waals surface area contributed by atoms with Crippen molar-refractivity contribution in [1.29, 1.82) is 0 Å². The Morgan fingerprint density at radius 1 is 0.963 bits per heavy atom. The Kier molecular flexibility index (Phi) is 4.06. The first kappa shape index (κ1) is 17.7. The van der Waals surface area contributed by atoms with Gasteiger partial charge in [-0.2, -0.15) is 0 Å². The van der Waals surface area contributed by atoms with E-state index in [2.05, 4.69) is 63.7 Å². The van der Waals surface area contributed by atoms with Crippen LogP contribution in [0.2, 0.25) is 0 Å². The Morgan fingerprint density at radius 2 is 1.70 bits per heavy atom. The zero-order chi connectivity index (χ0) is 19.5. The average Bonchev–Trinajstić information content (AvgIpc) is 2.93. The Hall–Kier alpha value is -2.68. The van der Waals surface area contributed by atoms with Gasteiger partial charge in [0.05, 0.1) is 5.56 Å². The molecule has 0 spiro atoms. The molecule has 0 bridgehead atoms. The molecule has 0 unspecified atom stereocenters. The summed E-state index contributed by atoms with van der Waals surface area (Å²) in [6.45, 7) is 10.6. The van der Waals surface area contributed by atoms with E-state index in [4.69, 9.17) is 4.42 Å². The topological polar surface area (TPSA) is 17.0 Å². The van der Waals surface area contributed by atoms with Gasteiger partial charge in [-0.25, -0.2) is 8.96 Å². The molecule has 2 nitrogen and oxygen atoms in total. The van der Waals surface area contributed by atoms with Crippen LogP contribution in [0.5, 0.6) is 0 Å². The summed E-state index contributed by atoms with van der Waals surface area (Å²) in [7, 11) is 2.07. The van der Waals surface area contributed by atoms with Gasteiger partial charge in [-0.1, -0.05) is 26.0 Å². The standard InChI is InChI=1S/C24H25FNO/c1-13(2)19-11-20(26(6)12-16(19)5)23-14(3)7-8-18-22-15(4)9-17(25)10-21(22)27-24(18)23/h7-13H,1-6H3/q+1. The molecule has 0 aliphatic rings. The van der Waals surface area contributed by atoms with Gasteiger partial charge in [0, 0.05) is 28.5 Å². The third kappa shape index (κ3) is 2.73. The van der Waals surface area contributed by atoms with Gasteiger partial charge in [-0.3, -0.25) is 0 Å². The smallest absolute Gasteiger partial charge is 0.216 e. The minimum atomic E-state index is -0.264. The average molecular weight is 362 g/mol. The molecular weight excluding hydrogens is 337 g/mol. The summed E-state index contributed by atoms with van der Waals surface area (Å²) in [6, 6.07) is 9.53. The van der Waals surface area contributed by atoms with E-state index in [1.54, 1.807) is 6.07 Å². The molecule has 0 saturated heterocycles. The lowest BCUT2D eigenvalue weighted by molar-refractivity contribution is -0.660. The number of aryl methyl sites for hydroxylation is 4. The van der Waals surface area contributed by atoms with Gasteiger partial charge < -0.3 is 4.42 Å². The zero-order valence-corrected chi connectivity index (χ0v) is 16.8. The molecule has 4 aromatic rings. The minimum Gasteiger partial charge on any atom is -0.455 e. The first-order valence-corrected chi connectivity index (χ1v) is 9.40. The van der Waals surface area contributed by atoms with E-state index >= 15 is 0 Å². The van der Waals surface area contributed by atoms with E-state index in [0.717, 1.165) is 38.7 Å². The van der Waals surface area contributed by atoms with Crippen molar-refractivity contribution in [2.45, 2.75) is 40.5 Å². The molecule has 0 aliphatic heterocycles. The first-order valence-electron chi connectivity index (χ1n) is 9.40. The van der Waals surface area contributed by atoms with Gasteiger partial charge in [-0.15, -0.1) is 0 Å². The zero-order valence-electron chi connectivity index (χ0n) is 16.8. The third-order valence-corrected chi connectivity index (χ3v) is 5.50. The van der Waals surface area contributed by atoms with Gasteiger partial charge in [0.2, 0.25) is 5.69 Å². The van der Waals surface area contributed by atoms with Crippen LogP contribution in [0.25, 0.3) is 33.2 Å². The number of nitrogens with zero attached hydrogens (tertiary/aromatic N) is 1. The van der Waals surface area contributed by atoms with Crippen LogP contribution in [0, 0.1) is 26.6 Å². The maximum absolute atomic E-state index is 13.9. The van der Waals surface area contributed by atoms with Crippen LogP contribution in [0.1, 0.15) is 42.0 Å². The molecular formula is C24H25FNO+. The lowest BCUT2D eigenvalue weighted by Gasteiger charge is -2.12. The van der Waals surface area contributed by atoms with E-state index < -0.39 is 0 Å². The molecule has 2 heterocycles. The molecule has 138 valence electrons. The molecule has 0 atom stereocenters. The van der Waals surface area contributed by atoms with Crippen molar-refractivity contribution in [1.82, 2.24) is 0 Å². The summed E-state index contributed by atoms with van der Waals surface area (Å²) in [5.74, 6) is 0.178. The van der Waals surface area contributed by atoms with E-state index in [-0.39, 0.29) is 5.82 Å². The molecule has 0 amide bonds. The molecule has 0 aliphatic carbocycles. The highest BCUT2D eigenvalue weighted by atomic mass is 19.1. The lowest BCUT2D eigenvalue weighted by atomic mass is 9.94. The molecule has 0 fully saturated rings. The summed E-state index contributed by atoms with van der Waals surface area (Å²) in [5.41, 5.74) is 8.28. The highest BCUT2D eigenvalue weighted by molar-refractivity contribution is 6.11. The van der Waals surface area contributed by atoms with E-state index in [9.17, 15) is 4.39 Å². The van der Waals surface area contributed by atoms with Gasteiger partial charge in [0.15, 0.2) is 6.20 Å². The summed E-state index contributed by atoms with van der Waals surface area (Å²) in [6.07, 6.45) is 2.18. The van der Waals surface area contributed by atoms with Crippen molar-refractivity contribution in [2.24, 2.45) is 7.05 Å². The fraction of sp³-hybridized carbons (Fsp3) is 0.292. The fourth-order valence-electron chi connectivity index (χ4n) is 4.22. The van der Waals surface area contributed by atoms with Gasteiger partial charge >= 0.3 is 0 Å². The number of rotatable bonds is 2. The van der Waals surface area contributed by atoms with Crippen LogP contribution in [-0.2, 0) is 7.05 Å². The molecule has 4 rings (SSSR count). The van der Waals surface area contributed by atoms with Crippen molar-refractivity contribution in [3.05, 3.63) is 64.6 Å². The van der Waals surface area contributed by atoms with Crippen molar-refractivity contribution in [3.8, 4) is 11.3 Å². The molecule has 0 saturated carbocycles. The molecule has 0 N–H and O–H groups in total. The van der Waals surface area contributed by atoms with Gasteiger partial charge in [-0.05, 0) is 49.4 Å². The summed E-state index contributed by atoms with van der Waals surface area (Å²) in [4.78, 5) is 0. The third-order valence-electron chi connectivity index (χ3n) is 5.50. The number of pyridine rings is 1. The summed E-state index contributed by atoms with van der Waals surface area (Å²) in [5, 5.41) is 2.03. The van der Waals surface area contributed by atoms with Crippen LogP contribution >= 0.6 is 0 Å². The Bertz CT molecular complexity index is 1200. The maximum Gasteiger partial charge on any atom is 0.216 e. The molecule has 2 aromatic carbocycles. The van der Waals surface area contributed by atoms with Crippen molar-refractivity contribution in [3.63, 3.8) is 0 Å². The summed E-state index contributed by atoms with van der Waals surface area (Å²) >= 11 is 0. The van der Waals surface area contributed by atoms with E-state index in [1.165, 1.54) is 17.2 Å². The van der Waals surface area contributed by atoms with Crippen LogP contribution in [0.4, 0.5) is 4.39 Å². The number of fused-ring (bicyclic) bond motifs is 3. The predicted octanol–water partition coefficient (Wildman–Crippen LogP) is 6.27. The largest absolute Gasteiger partial charge is 0.455 e. The molecule has 27 heavy (non-hydrogen) atoms. The number of halogens is 1. The van der Waals surface area contributed by atoms with Crippen molar-refractivity contribution in [2.75, 3.05) is 0 Å². The monoisotopic (exact) mass is 362 g/mol. The second-order valence-corrected chi connectivity index (χ2v) is 7.89. The molecule has 2 aromatic heterocycles. The maximum atomic E-state index is 13.9. The number of furan rings is 1. The first-order chi connectivity index (χ1) is 12.8. The Balaban J connectivity index is 2.13. The van der Waals surface area contributed by atoms with Gasteiger partial charge in [0.1, 0.15) is 24.0 Å². The number of benzene rings is 2. The SMILES string of the molecule is Cc1c[n+](C)c(-c2c(C)ccc3c2oc2cc(F)cc(C)c23)cc1C(C)C. The van der Waals surface area contributed by atoms with Crippen LogP contribution < -0.4 is 4.57 Å². The van der Waals surface area contributed by atoms with Crippen molar-refractivity contribution >= 4 is 21.9 Å². The van der Waals surface area contributed by atoms with E-state index in [1.807, 2.05) is 6.92 Å². The fourth-order valence-corrected chi connectivity index (χ4v) is 4.22. The highest BCUT2D eigenvalue weighted by Crippen LogP contribution is 2.39. The summed E-state index contributed by atoms with van der Waals surface area (Å²) < 4.78 is 22.3. The van der Waals surface area contributed by atoms with Gasteiger partial charge in [0.25, 0.3) is 0 Å². The quantitative estimate of drug-likeness (QED) is 0.384. The molecule has 0 radical (unpaired) electrons. The normalized spacial score (nSPS) is 11.9. The second kappa shape index (κ2) is 6.19. The number of hydrogen-bond donors (Lipinski definition) is 0. The van der Waals surface area contributed by atoms with Crippen LogP contribution in [-0.4, -0.2) is 0 Å². The minimum absolute atomic E-state index is 0.264. The van der Waals surface area contributed by atoms with Crippen LogP contribution in [0.3, 0.4) is 0 Å². The second-order valence-electron chi connectivity index (χ2n) is 7.89. The number of hydrogen-bond acceptors (Lipinski definition) is 1. The highest BCUT2D eigenvalue weighted by Gasteiger charge is 2.23. The molecule has 3 heteroatoms.